The summed E-state index contributed by atoms with van der Waals surface area (Å²) in [5, 5.41) is 0. The van der Waals surface area contributed by atoms with E-state index in [2.05, 4.69) is 30.9 Å². The van der Waals surface area contributed by atoms with Crippen LogP contribution >= 0.6 is 11.6 Å². The summed E-state index contributed by atoms with van der Waals surface area (Å²) < 4.78 is 5.83. The molecule has 2 rings (SSSR count). The molecule has 0 spiro atoms. The van der Waals surface area contributed by atoms with Crippen molar-refractivity contribution in [1.29, 1.82) is 0 Å². The maximum atomic E-state index is 5.83. The third-order valence-electron chi connectivity index (χ3n) is 2.94. The van der Waals surface area contributed by atoms with Gasteiger partial charge in [0.1, 0.15) is 12.4 Å². The minimum Gasteiger partial charge on any atom is -0.489 e. The second-order valence-corrected chi connectivity index (χ2v) is 4.86. The maximum Gasteiger partial charge on any atom is 0.121 e. The van der Waals surface area contributed by atoms with Crippen LogP contribution in [0.2, 0.25) is 0 Å². The van der Waals surface area contributed by atoms with Gasteiger partial charge in [0.2, 0.25) is 0 Å². The fourth-order valence-electron chi connectivity index (χ4n) is 1.81. The molecule has 0 aromatic heterocycles. The predicted octanol–water partition coefficient (Wildman–Crippen LogP) is 4.55. The van der Waals surface area contributed by atoms with Gasteiger partial charge in [-0.2, -0.15) is 0 Å². The SMILES string of the molecule is Cc1ccccc1COc1cccc(C#CCCCl)c1. The largest absolute Gasteiger partial charge is 0.489 e. The monoisotopic (exact) mass is 284 g/mol. The molecule has 20 heavy (non-hydrogen) atoms. The Hall–Kier alpha value is -1.91. The highest BCUT2D eigenvalue weighted by atomic mass is 35.5. The van der Waals surface area contributed by atoms with Gasteiger partial charge in [0.15, 0.2) is 0 Å². The Morgan fingerprint density at radius 2 is 1.95 bits per heavy atom. The van der Waals surface area contributed by atoms with Gasteiger partial charge in [0, 0.05) is 17.9 Å². The van der Waals surface area contributed by atoms with Gasteiger partial charge < -0.3 is 4.74 Å². The lowest BCUT2D eigenvalue weighted by Gasteiger charge is -2.08. The molecule has 0 aliphatic rings. The molecule has 0 fully saturated rings. The molecular formula is C18H17ClO. The van der Waals surface area contributed by atoms with Crippen LogP contribution in [0.4, 0.5) is 0 Å². The molecule has 0 saturated heterocycles. The molecule has 0 N–H and O–H groups in total. The Kier molecular flexibility index (Phi) is 5.53. The summed E-state index contributed by atoms with van der Waals surface area (Å²) in [6.07, 6.45) is 0.704. The second-order valence-electron chi connectivity index (χ2n) is 4.48. The lowest BCUT2D eigenvalue weighted by Crippen LogP contribution is -1.97. The quantitative estimate of drug-likeness (QED) is 0.591. The van der Waals surface area contributed by atoms with Crippen molar-refractivity contribution in [2.45, 2.75) is 20.0 Å². The Bertz CT molecular complexity index is 623. The van der Waals surface area contributed by atoms with E-state index in [0.29, 0.717) is 18.9 Å². The topological polar surface area (TPSA) is 9.23 Å². The number of rotatable bonds is 4. The van der Waals surface area contributed by atoms with Crippen LogP contribution in [0.5, 0.6) is 5.75 Å². The van der Waals surface area contributed by atoms with Gasteiger partial charge in [0.25, 0.3) is 0 Å². The molecular weight excluding hydrogens is 268 g/mol. The van der Waals surface area contributed by atoms with E-state index in [1.54, 1.807) is 0 Å². The van der Waals surface area contributed by atoms with Gasteiger partial charge in [-0.05, 0) is 36.2 Å². The summed E-state index contributed by atoms with van der Waals surface area (Å²) in [5.41, 5.74) is 3.40. The summed E-state index contributed by atoms with van der Waals surface area (Å²) in [6.45, 7) is 2.66. The molecule has 2 aromatic carbocycles. The van der Waals surface area contributed by atoms with Crippen LogP contribution in [0.15, 0.2) is 48.5 Å². The minimum atomic E-state index is 0.566. The van der Waals surface area contributed by atoms with Gasteiger partial charge in [-0.15, -0.1) is 11.6 Å². The van der Waals surface area contributed by atoms with E-state index in [9.17, 15) is 0 Å². The molecule has 102 valence electrons. The first-order valence-electron chi connectivity index (χ1n) is 6.62. The van der Waals surface area contributed by atoms with Gasteiger partial charge in [-0.1, -0.05) is 42.2 Å². The van der Waals surface area contributed by atoms with E-state index in [1.807, 2.05) is 36.4 Å². The Morgan fingerprint density at radius 1 is 1.10 bits per heavy atom. The van der Waals surface area contributed by atoms with Crippen LogP contribution in [0, 0.1) is 18.8 Å². The lowest BCUT2D eigenvalue weighted by molar-refractivity contribution is 0.305. The number of ether oxygens (including phenoxy) is 1. The van der Waals surface area contributed by atoms with E-state index in [0.717, 1.165) is 11.3 Å². The summed E-state index contributed by atoms with van der Waals surface area (Å²) in [4.78, 5) is 0. The highest BCUT2D eigenvalue weighted by Gasteiger charge is 1.99. The van der Waals surface area contributed by atoms with E-state index >= 15 is 0 Å². The first-order valence-corrected chi connectivity index (χ1v) is 7.15. The van der Waals surface area contributed by atoms with Crippen molar-refractivity contribution >= 4 is 11.6 Å². The molecule has 0 aliphatic carbocycles. The Labute approximate surface area is 125 Å². The molecule has 0 bridgehead atoms. The Balaban J connectivity index is 2.02. The average molecular weight is 285 g/mol. The fourth-order valence-corrected chi connectivity index (χ4v) is 1.90. The molecule has 0 saturated carbocycles. The second kappa shape index (κ2) is 7.62. The minimum absolute atomic E-state index is 0.566. The van der Waals surface area contributed by atoms with Crippen molar-refractivity contribution in [2.24, 2.45) is 0 Å². The predicted molar refractivity (Wildman–Crippen MR) is 84.2 cm³/mol. The summed E-state index contributed by atoms with van der Waals surface area (Å²) in [5.74, 6) is 7.51. The molecule has 0 radical (unpaired) electrons. The fraction of sp³-hybridized carbons (Fsp3) is 0.222. The third-order valence-corrected chi connectivity index (χ3v) is 3.13. The zero-order chi connectivity index (χ0) is 14.2. The van der Waals surface area contributed by atoms with E-state index < -0.39 is 0 Å². The summed E-state index contributed by atoms with van der Waals surface area (Å²) >= 11 is 5.60. The molecule has 0 heterocycles. The van der Waals surface area contributed by atoms with Crippen LogP contribution in [0.25, 0.3) is 0 Å². The van der Waals surface area contributed by atoms with Crippen molar-refractivity contribution in [3.05, 3.63) is 65.2 Å². The number of alkyl halides is 1. The average Bonchev–Trinajstić information content (AvgIpc) is 2.47. The van der Waals surface area contributed by atoms with Crippen LogP contribution in [-0.4, -0.2) is 5.88 Å². The van der Waals surface area contributed by atoms with Crippen molar-refractivity contribution in [3.63, 3.8) is 0 Å². The van der Waals surface area contributed by atoms with Crippen molar-refractivity contribution in [1.82, 2.24) is 0 Å². The number of benzene rings is 2. The number of hydrogen-bond donors (Lipinski definition) is 0. The molecule has 1 nitrogen and oxygen atoms in total. The molecule has 2 heteroatoms. The smallest absolute Gasteiger partial charge is 0.121 e. The van der Waals surface area contributed by atoms with Crippen LogP contribution < -0.4 is 4.74 Å². The van der Waals surface area contributed by atoms with Crippen LogP contribution in [-0.2, 0) is 6.61 Å². The van der Waals surface area contributed by atoms with Crippen LogP contribution in [0.3, 0.4) is 0 Å². The van der Waals surface area contributed by atoms with E-state index in [1.165, 1.54) is 11.1 Å². The number of hydrogen-bond acceptors (Lipinski definition) is 1. The van der Waals surface area contributed by atoms with Crippen LogP contribution in [0.1, 0.15) is 23.1 Å². The number of aryl methyl sites for hydroxylation is 1. The normalized spacial score (nSPS) is 9.70. The van der Waals surface area contributed by atoms with Gasteiger partial charge in [-0.25, -0.2) is 0 Å². The van der Waals surface area contributed by atoms with Gasteiger partial charge in [0.05, 0.1) is 0 Å². The summed E-state index contributed by atoms with van der Waals surface area (Å²) in [6, 6.07) is 16.1. The van der Waals surface area contributed by atoms with Gasteiger partial charge in [-0.3, -0.25) is 0 Å². The highest BCUT2D eigenvalue weighted by Crippen LogP contribution is 2.16. The third kappa shape index (κ3) is 4.33. The summed E-state index contributed by atoms with van der Waals surface area (Å²) in [7, 11) is 0. The molecule has 2 aromatic rings. The van der Waals surface area contributed by atoms with Gasteiger partial charge >= 0.3 is 0 Å². The zero-order valence-corrected chi connectivity index (χ0v) is 12.3. The number of halogens is 1. The van der Waals surface area contributed by atoms with Crippen molar-refractivity contribution < 1.29 is 4.74 Å². The Morgan fingerprint density at radius 3 is 2.75 bits per heavy atom. The molecule has 0 amide bonds. The van der Waals surface area contributed by atoms with E-state index in [4.69, 9.17) is 16.3 Å². The maximum absolute atomic E-state index is 5.83. The first kappa shape index (κ1) is 14.5. The molecule has 0 aliphatic heterocycles. The lowest BCUT2D eigenvalue weighted by atomic mass is 10.1. The zero-order valence-electron chi connectivity index (χ0n) is 11.5. The van der Waals surface area contributed by atoms with E-state index in [-0.39, 0.29) is 0 Å². The van der Waals surface area contributed by atoms with Crippen molar-refractivity contribution in [3.8, 4) is 17.6 Å². The highest BCUT2D eigenvalue weighted by molar-refractivity contribution is 6.18. The standard InChI is InChI=1S/C18H17ClO/c1-15-7-2-3-10-17(15)14-20-18-11-6-9-16(13-18)8-4-5-12-19/h2-3,6-7,9-11,13H,5,12,14H2,1H3. The first-order chi connectivity index (χ1) is 9.79. The van der Waals surface area contributed by atoms with Crippen molar-refractivity contribution in [2.75, 3.05) is 5.88 Å². The molecule has 0 unspecified atom stereocenters. The molecule has 0 atom stereocenters.